The van der Waals surface area contributed by atoms with Crippen molar-refractivity contribution in [2.45, 2.75) is 138 Å². The first-order chi connectivity index (χ1) is 21.0. The first-order valence-electron chi connectivity index (χ1n) is 18.0. The Hall–Kier alpha value is -1.44. The van der Waals surface area contributed by atoms with Gasteiger partial charge in [0, 0.05) is 30.1 Å². The zero-order valence-corrected chi connectivity index (χ0v) is 29.4. The highest BCUT2D eigenvalue weighted by Gasteiger charge is 2.74. The highest BCUT2D eigenvalue weighted by Crippen LogP contribution is 2.77. The van der Waals surface area contributed by atoms with E-state index in [1.54, 1.807) is 0 Å². The molecule has 1 spiro atoms. The monoisotopic (exact) mass is 628 g/mol. The second kappa shape index (κ2) is 11.1. The van der Waals surface area contributed by atoms with Crippen LogP contribution >= 0.6 is 0 Å². The summed E-state index contributed by atoms with van der Waals surface area (Å²) in [4.78, 5) is 26.5. The van der Waals surface area contributed by atoms with Crippen LogP contribution in [0, 0.1) is 50.2 Å². The molecule has 254 valence electrons. The van der Waals surface area contributed by atoms with Crippen LogP contribution in [0.5, 0.6) is 0 Å². The molecule has 0 amide bonds. The first kappa shape index (κ1) is 33.5. The summed E-state index contributed by atoms with van der Waals surface area (Å²) in [5.74, 6) is -0.848. The lowest BCUT2D eigenvalue weighted by Gasteiger charge is -2.72. The van der Waals surface area contributed by atoms with Crippen molar-refractivity contribution in [1.82, 2.24) is 0 Å². The summed E-state index contributed by atoms with van der Waals surface area (Å²) in [7, 11) is 0. The van der Waals surface area contributed by atoms with Gasteiger partial charge < -0.3 is 24.1 Å². The number of aliphatic hydroxyl groups is 1. The lowest BCUT2D eigenvalue weighted by molar-refractivity contribution is -0.321. The molecule has 0 bridgehead atoms. The van der Waals surface area contributed by atoms with E-state index >= 15 is 0 Å². The van der Waals surface area contributed by atoms with Crippen LogP contribution in [0.25, 0.3) is 0 Å². The van der Waals surface area contributed by atoms with Crippen LogP contribution in [0.2, 0.25) is 0 Å². The molecule has 1 heterocycles. The zero-order valence-electron chi connectivity index (χ0n) is 29.4. The highest BCUT2D eigenvalue weighted by atomic mass is 16.7. The number of carbonyl (C=O) groups excluding carboxylic acids is 2. The number of unbranched alkanes of at least 4 members (excludes halogenated alkanes) is 1. The fourth-order valence-corrected chi connectivity index (χ4v) is 12.2. The van der Waals surface area contributed by atoms with Gasteiger partial charge in [0.15, 0.2) is 5.79 Å². The molecule has 7 heteroatoms. The van der Waals surface area contributed by atoms with Gasteiger partial charge in [-0.2, -0.15) is 0 Å². The number of aliphatic hydroxyl groups excluding tert-OH is 1. The Kier molecular flexibility index (Phi) is 8.22. The van der Waals surface area contributed by atoms with Crippen molar-refractivity contribution in [2.75, 3.05) is 26.4 Å². The minimum atomic E-state index is -0.705. The molecule has 1 aliphatic heterocycles. The van der Waals surface area contributed by atoms with Crippen LogP contribution in [0.4, 0.5) is 0 Å². The fourth-order valence-electron chi connectivity index (χ4n) is 12.2. The van der Waals surface area contributed by atoms with Crippen molar-refractivity contribution in [3.05, 3.63) is 11.6 Å². The predicted molar refractivity (Wildman–Crippen MR) is 172 cm³/mol. The number of ether oxygens (including phenoxy) is 4. The van der Waals surface area contributed by atoms with Gasteiger partial charge in [0.1, 0.15) is 0 Å². The number of hydrogen-bond donors (Lipinski definition) is 1. The van der Waals surface area contributed by atoms with Gasteiger partial charge in [-0.1, -0.05) is 66.5 Å². The minimum absolute atomic E-state index is 0.0212. The summed E-state index contributed by atoms with van der Waals surface area (Å²) in [6, 6.07) is 0. The van der Waals surface area contributed by atoms with Crippen LogP contribution < -0.4 is 0 Å². The molecule has 0 aromatic heterocycles. The van der Waals surface area contributed by atoms with E-state index in [9.17, 15) is 14.7 Å². The van der Waals surface area contributed by atoms with Gasteiger partial charge in [0.25, 0.3) is 0 Å². The molecule has 6 aliphatic rings. The van der Waals surface area contributed by atoms with Crippen molar-refractivity contribution >= 4 is 11.9 Å². The predicted octanol–water partition coefficient (Wildman–Crippen LogP) is 7.39. The minimum Gasteiger partial charge on any atom is -0.465 e. The smallest absolute Gasteiger partial charge is 0.312 e. The third kappa shape index (κ3) is 4.66. The van der Waals surface area contributed by atoms with E-state index in [0.29, 0.717) is 32.8 Å². The van der Waals surface area contributed by atoms with Gasteiger partial charge in [-0.05, 0) is 85.9 Å². The molecule has 0 aromatic rings. The van der Waals surface area contributed by atoms with Crippen LogP contribution in [0.1, 0.15) is 126 Å². The van der Waals surface area contributed by atoms with Gasteiger partial charge in [0.2, 0.25) is 0 Å². The SMILES string of the molecule is CCCCOC(=O)[C@]12CCC(C)(C)CC1C1=C[C@H](O)C3[C@@]4(COC(C)=O)CCC5(OCCO5)C(C)(C)C4CC[C@@]3(C)[C@]1(C)CC2. The van der Waals surface area contributed by atoms with Crippen LogP contribution in [0.3, 0.4) is 0 Å². The Bertz CT molecular complexity index is 1210. The molecule has 7 nitrogen and oxygen atoms in total. The van der Waals surface area contributed by atoms with Gasteiger partial charge in [-0.15, -0.1) is 0 Å². The summed E-state index contributed by atoms with van der Waals surface area (Å²) < 4.78 is 24.8. The first-order valence-corrected chi connectivity index (χ1v) is 18.0. The molecule has 8 atom stereocenters. The van der Waals surface area contributed by atoms with Crippen LogP contribution in [0.15, 0.2) is 11.6 Å². The lowest BCUT2D eigenvalue weighted by atomic mass is 9.32. The van der Waals surface area contributed by atoms with E-state index in [2.05, 4.69) is 54.5 Å². The summed E-state index contributed by atoms with van der Waals surface area (Å²) in [5.41, 5.74) is -0.328. The molecular weight excluding hydrogens is 568 g/mol. The average molecular weight is 629 g/mol. The van der Waals surface area contributed by atoms with Gasteiger partial charge in [-0.3, -0.25) is 9.59 Å². The van der Waals surface area contributed by atoms with E-state index in [-0.39, 0.29) is 51.4 Å². The molecule has 4 saturated carbocycles. The summed E-state index contributed by atoms with van der Waals surface area (Å²) in [6.45, 7) is 19.7. The Labute approximate surface area is 271 Å². The number of fused-ring (bicyclic) bond motifs is 7. The zero-order chi connectivity index (χ0) is 32.7. The highest BCUT2D eigenvalue weighted by molar-refractivity contribution is 5.79. The molecule has 0 aromatic carbocycles. The van der Waals surface area contributed by atoms with Crippen LogP contribution in [-0.4, -0.2) is 55.4 Å². The lowest BCUT2D eigenvalue weighted by Crippen LogP contribution is -2.71. The molecule has 1 N–H and O–H groups in total. The molecule has 3 unspecified atom stereocenters. The normalized spacial score (nSPS) is 44.1. The average Bonchev–Trinajstić information content (AvgIpc) is 3.46. The topological polar surface area (TPSA) is 91.3 Å². The molecule has 5 fully saturated rings. The van der Waals surface area contributed by atoms with Gasteiger partial charge in [-0.25, -0.2) is 0 Å². The summed E-state index contributed by atoms with van der Waals surface area (Å²) in [6.07, 6.45) is 11.2. The van der Waals surface area contributed by atoms with Gasteiger partial charge in [0.05, 0.1) is 37.9 Å². The maximum atomic E-state index is 14.1. The fraction of sp³-hybridized carbons (Fsp3) is 0.895. The third-order valence-corrected chi connectivity index (χ3v) is 14.9. The number of hydrogen-bond acceptors (Lipinski definition) is 7. The quantitative estimate of drug-likeness (QED) is 0.186. The van der Waals surface area contributed by atoms with E-state index in [1.807, 2.05) is 0 Å². The number of esters is 2. The third-order valence-electron chi connectivity index (χ3n) is 14.9. The maximum Gasteiger partial charge on any atom is 0.312 e. The van der Waals surface area contributed by atoms with Crippen molar-refractivity contribution in [3.8, 4) is 0 Å². The Morgan fingerprint density at radius 3 is 2.29 bits per heavy atom. The summed E-state index contributed by atoms with van der Waals surface area (Å²) in [5, 5.41) is 12.5. The van der Waals surface area contributed by atoms with Crippen molar-refractivity contribution in [2.24, 2.45) is 50.2 Å². The van der Waals surface area contributed by atoms with Crippen LogP contribution in [-0.2, 0) is 28.5 Å². The van der Waals surface area contributed by atoms with Gasteiger partial charge >= 0.3 is 11.9 Å². The van der Waals surface area contributed by atoms with E-state index < -0.39 is 22.7 Å². The number of carbonyl (C=O) groups is 2. The molecule has 5 aliphatic carbocycles. The Balaban J connectivity index is 1.45. The number of rotatable bonds is 6. The van der Waals surface area contributed by atoms with E-state index in [0.717, 1.165) is 64.2 Å². The molecular formula is C38H60O7. The Morgan fingerprint density at radius 1 is 0.933 bits per heavy atom. The standard InChI is InChI=1S/C38H60O7/c1-9-10-19-42-31(41)36-15-13-32(3,4)23-27(36)26-22-28(40)30-35(8,34(26,7)14-16-36)12-11-29-33(5,6)38(44-20-21-45-38)18-17-37(29,30)24-43-25(2)39/h22,27-30,40H,9-21,23-24H2,1-8H3/t27?,28-,29?,30?,34+,35+,36-,37+/m0/s1. The summed E-state index contributed by atoms with van der Waals surface area (Å²) >= 11 is 0. The van der Waals surface area contributed by atoms with Crippen molar-refractivity contribution in [1.29, 1.82) is 0 Å². The largest absolute Gasteiger partial charge is 0.465 e. The molecule has 45 heavy (non-hydrogen) atoms. The maximum absolute atomic E-state index is 14.1. The Morgan fingerprint density at radius 2 is 1.62 bits per heavy atom. The number of allylic oxidation sites excluding steroid dienone is 1. The second-order valence-corrected chi connectivity index (χ2v) is 17.7. The molecule has 0 radical (unpaired) electrons. The second-order valence-electron chi connectivity index (χ2n) is 17.7. The molecule has 6 rings (SSSR count). The van der Waals surface area contributed by atoms with E-state index in [1.165, 1.54) is 12.5 Å². The van der Waals surface area contributed by atoms with Crippen molar-refractivity contribution < 1.29 is 33.6 Å². The molecule has 1 saturated heterocycles. The van der Waals surface area contributed by atoms with Crippen molar-refractivity contribution in [3.63, 3.8) is 0 Å². The van der Waals surface area contributed by atoms with E-state index in [4.69, 9.17) is 18.9 Å².